The van der Waals surface area contributed by atoms with Gasteiger partial charge in [0.25, 0.3) is 0 Å². The number of carbonyl (C=O) groups is 1. The molecule has 0 saturated carbocycles. The molecule has 7 nitrogen and oxygen atoms in total. The van der Waals surface area contributed by atoms with E-state index in [0.29, 0.717) is 37.8 Å². The highest BCUT2D eigenvalue weighted by atomic mass is 32.2. The summed E-state index contributed by atoms with van der Waals surface area (Å²) < 4.78 is 37.1. The summed E-state index contributed by atoms with van der Waals surface area (Å²) in [5.41, 5.74) is 0. The van der Waals surface area contributed by atoms with Crippen molar-refractivity contribution in [3.63, 3.8) is 0 Å². The van der Waals surface area contributed by atoms with E-state index in [1.165, 1.54) is 19.2 Å². The van der Waals surface area contributed by atoms with Crippen molar-refractivity contribution in [2.75, 3.05) is 39.9 Å². The molecule has 8 heteroatoms. The van der Waals surface area contributed by atoms with E-state index < -0.39 is 10.0 Å². The predicted molar refractivity (Wildman–Crippen MR) is 83.1 cm³/mol. The zero-order valence-electron chi connectivity index (χ0n) is 13.0. The van der Waals surface area contributed by atoms with Gasteiger partial charge in [-0.25, -0.2) is 8.42 Å². The third kappa shape index (κ3) is 3.28. The molecule has 0 unspecified atom stereocenters. The number of sulfonamides is 1. The van der Waals surface area contributed by atoms with Gasteiger partial charge in [0.1, 0.15) is 13.2 Å². The van der Waals surface area contributed by atoms with Crippen molar-refractivity contribution in [2.24, 2.45) is 0 Å². The summed E-state index contributed by atoms with van der Waals surface area (Å²) in [7, 11) is -2.33. The van der Waals surface area contributed by atoms with Crippen LogP contribution >= 0.6 is 0 Å². The summed E-state index contributed by atoms with van der Waals surface area (Å²) in [6.45, 7) is 2.09. The first-order chi connectivity index (χ1) is 11.0. The lowest BCUT2D eigenvalue weighted by Crippen LogP contribution is -2.39. The van der Waals surface area contributed by atoms with E-state index in [4.69, 9.17) is 9.47 Å². The summed E-state index contributed by atoms with van der Waals surface area (Å²) in [5.74, 6) is 0.786. The number of fused-ring (bicyclic) bond motifs is 1. The van der Waals surface area contributed by atoms with Crippen LogP contribution in [0.15, 0.2) is 23.1 Å². The summed E-state index contributed by atoms with van der Waals surface area (Å²) in [6.07, 6.45) is 1.95. The number of carbonyl (C=O) groups excluding carboxylic acids is 1. The van der Waals surface area contributed by atoms with Crippen LogP contribution in [0.25, 0.3) is 0 Å². The Bertz CT molecular complexity index is 698. The normalized spacial score (nSPS) is 17.6. The Kier molecular flexibility index (Phi) is 4.45. The molecule has 0 bridgehead atoms. The van der Waals surface area contributed by atoms with E-state index in [1.807, 2.05) is 0 Å². The molecule has 2 aliphatic heterocycles. The molecule has 2 aliphatic rings. The number of likely N-dealkylation sites (N-methyl/N-ethyl adjacent to an activating group) is 1. The smallest absolute Gasteiger partial charge is 0.243 e. The lowest BCUT2D eigenvalue weighted by Gasteiger charge is -2.22. The third-order valence-electron chi connectivity index (χ3n) is 4.04. The maximum Gasteiger partial charge on any atom is 0.243 e. The summed E-state index contributed by atoms with van der Waals surface area (Å²) in [5, 5.41) is 0. The van der Waals surface area contributed by atoms with Crippen molar-refractivity contribution in [1.82, 2.24) is 9.21 Å². The molecule has 0 N–H and O–H groups in total. The molecule has 1 aromatic carbocycles. The number of amides is 1. The highest BCUT2D eigenvalue weighted by Gasteiger charge is 2.27. The van der Waals surface area contributed by atoms with Crippen molar-refractivity contribution in [3.05, 3.63) is 18.2 Å². The molecule has 23 heavy (non-hydrogen) atoms. The molecule has 126 valence electrons. The molecule has 1 aromatic rings. The third-order valence-corrected chi connectivity index (χ3v) is 5.84. The van der Waals surface area contributed by atoms with E-state index in [0.717, 1.165) is 17.1 Å². The van der Waals surface area contributed by atoms with Gasteiger partial charge in [0.2, 0.25) is 15.9 Å². The lowest BCUT2D eigenvalue weighted by atomic mass is 10.3. The van der Waals surface area contributed by atoms with Crippen LogP contribution in [0, 0.1) is 0 Å². The van der Waals surface area contributed by atoms with Crippen LogP contribution in [0.5, 0.6) is 11.5 Å². The fraction of sp³-hybridized carbons (Fsp3) is 0.533. The molecule has 1 amide bonds. The number of nitrogens with zero attached hydrogens (tertiary/aromatic N) is 2. The van der Waals surface area contributed by atoms with Crippen molar-refractivity contribution in [2.45, 2.75) is 17.7 Å². The van der Waals surface area contributed by atoms with Gasteiger partial charge in [-0.05, 0) is 25.0 Å². The highest BCUT2D eigenvalue weighted by Crippen LogP contribution is 2.32. The molecule has 2 heterocycles. The monoisotopic (exact) mass is 340 g/mol. The largest absolute Gasteiger partial charge is 0.486 e. The van der Waals surface area contributed by atoms with E-state index >= 15 is 0 Å². The molecule has 0 aromatic heterocycles. The Morgan fingerprint density at radius 1 is 1.17 bits per heavy atom. The van der Waals surface area contributed by atoms with Crippen molar-refractivity contribution >= 4 is 15.9 Å². The number of hydrogen-bond donors (Lipinski definition) is 0. The molecule has 0 radical (unpaired) electrons. The van der Waals surface area contributed by atoms with E-state index in [-0.39, 0.29) is 17.3 Å². The summed E-state index contributed by atoms with van der Waals surface area (Å²) >= 11 is 0. The van der Waals surface area contributed by atoms with Gasteiger partial charge in [0.15, 0.2) is 11.5 Å². The zero-order chi connectivity index (χ0) is 16.4. The summed E-state index contributed by atoms with van der Waals surface area (Å²) in [4.78, 5) is 13.9. The first kappa shape index (κ1) is 16.1. The topological polar surface area (TPSA) is 76.2 Å². The highest BCUT2D eigenvalue weighted by molar-refractivity contribution is 7.89. The standard InChI is InChI=1S/C15H20N2O5S/c1-16(11-15(18)17-6-2-3-7-17)23(19,20)12-4-5-13-14(10-12)22-9-8-21-13/h4-5,10H,2-3,6-9,11H2,1H3. The molecule has 0 aliphatic carbocycles. The second-order valence-corrected chi connectivity index (χ2v) is 7.70. The minimum atomic E-state index is -3.75. The van der Waals surface area contributed by atoms with E-state index in [9.17, 15) is 13.2 Å². The number of rotatable bonds is 4. The minimum Gasteiger partial charge on any atom is -0.486 e. The Balaban J connectivity index is 1.76. The van der Waals surface area contributed by atoms with Crippen LogP contribution in [0.3, 0.4) is 0 Å². The molecule has 0 spiro atoms. The summed E-state index contributed by atoms with van der Waals surface area (Å²) in [6, 6.07) is 4.50. The molecule has 0 atom stereocenters. The van der Waals surface area contributed by atoms with Gasteiger partial charge in [-0.15, -0.1) is 0 Å². The zero-order valence-corrected chi connectivity index (χ0v) is 13.8. The molecule has 1 fully saturated rings. The van der Waals surface area contributed by atoms with Crippen molar-refractivity contribution in [3.8, 4) is 11.5 Å². The van der Waals surface area contributed by atoms with Crippen LogP contribution in [0.1, 0.15) is 12.8 Å². The van der Waals surface area contributed by atoms with Gasteiger partial charge in [0, 0.05) is 26.2 Å². The lowest BCUT2D eigenvalue weighted by molar-refractivity contribution is -0.130. The van der Waals surface area contributed by atoms with Crippen LogP contribution in [0.4, 0.5) is 0 Å². The SMILES string of the molecule is CN(CC(=O)N1CCCC1)S(=O)(=O)c1ccc2c(c1)OCCO2. The second-order valence-electron chi connectivity index (χ2n) is 5.65. The average molecular weight is 340 g/mol. The van der Waals surface area contributed by atoms with Crippen molar-refractivity contribution in [1.29, 1.82) is 0 Å². The first-order valence-corrected chi connectivity index (χ1v) is 9.06. The molecule has 3 rings (SSSR count). The molecular formula is C15H20N2O5S. The average Bonchev–Trinajstić information content (AvgIpc) is 3.08. The van der Waals surface area contributed by atoms with E-state index in [2.05, 4.69) is 0 Å². The van der Waals surface area contributed by atoms with Gasteiger partial charge >= 0.3 is 0 Å². The van der Waals surface area contributed by atoms with Gasteiger partial charge < -0.3 is 14.4 Å². The Morgan fingerprint density at radius 2 is 1.83 bits per heavy atom. The van der Waals surface area contributed by atoms with Crippen LogP contribution in [-0.4, -0.2) is 63.4 Å². The van der Waals surface area contributed by atoms with Gasteiger partial charge in [-0.2, -0.15) is 4.31 Å². The maximum atomic E-state index is 12.6. The van der Waals surface area contributed by atoms with Crippen molar-refractivity contribution < 1.29 is 22.7 Å². The predicted octanol–water partition coefficient (Wildman–Crippen LogP) is 0.701. The maximum absolute atomic E-state index is 12.6. The Hall–Kier alpha value is -1.80. The quantitative estimate of drug-likeness (QED) is 0.806. The fourth-order valence-corrected chi connectivity index (χ4v) is 3.84. The molecule has 1 saturated heterocycles. The Morgan fingerprint density at radius 3 is 2.52 bits per heavy atom. The minimum absolute atomic E-state index is 0.0958. The number of ether oxygens (including phenoxy) is 2. The number of hydrogen-bond acceptors (Lipinski definition) is 5. The van der Waals surface area contributed by atoms with Crippen LogP contribution in [-0.2, 0) is 14.8 Å². The number of likely N-dealkylation sites (tertiary alicyclic amines) is 1. The van der Waals surface area contributed by atoms with Gasteiger partial charge in [0.05, 0.1) is 11.4 Å². The second kappa shape index (κ2) is 6.37. The van der Waals surface area contributed by atoms with Crippen LogP contribution < -0.4 is 9.47 Å². The van der Waals surface area contributed by atoms with Gasteiger partial charge in [-0.1, -0.05) is 0 Å². The number of benzene rings is 1. The van der Waals surface area contributed by atoms with E-state index in [1.54, 1.807) is 11.0 Å². The fourth-order valence-electron chi connectivity index (χ4n) is 2.71. The first-order valence-electron chi connectivity index (χ1n) is 7.62. The van der Waals surface area contributed by atoms with Gasteiger partial charge in [-0.3, -0.25) is 4.79 Å². The van der Waals surface area contributed by atoms with Crippen LogP contribution in [0.2, 0.25) is 0 Å². The molecular weight excluding hydrogens is 320 g/mol. The Labute approximate surface area is 135 Å².